The van der Waals surface area contributed by atoms with Gasteiger partial charge in [-0.1, -0.05) is 79.7 Å². The number of hydrogen-bond acceptors (Lipinski definition) is 2. The fraction of sp³-hybridized carbons (Fsp3) is 0.138. The Morgan fingerprint density at radius 3 is 2.44 bits per heavy atom. The molecule has 0 aliphatic carbocycles. The number of amides is 2. The van der Waals surface area contributed by atoms with Crippen molar-refractivity contribution in [2.45, 2.75) is 26.4 Å². The zero-order valence-electron chi connectivity index (χ0n) is 19.1. The number of carbonyl (C=O) groups is 1. The fourth-order valence-corrected chi connectivity index (χ4v) is 5.27. The molecule has 0 radical (unpaired) electrons. The van der Waals surface area contributed by atoms with Crippen molar-refractivity contribution in [1.82, 2.24) is 9.88 Å². The SMILES string of the molecule is CCc1ccccc1NC(=O)NCc1c(-c2cccs2)n(Cc2ccccc2)c2ccccc12. The quantitative estimate of drug-likeness (QED) is 0.260. The van der Waals surface area contributed by atoms with E-state index in [4.69, 9.17) is 0 Å². The zero-order valence-corrected chi connectivity index (χ0v) is 19.9. The first-order valence-electron chi connectivity index (χ1n) is 11.5. The predicted octanol–water partition coefficient (Wildman–Crippen LogP) is 7.30. The molecule has 3 aromatic carbocycles. The minimum absolute atomic E-state index is 0.196. The highest BCUT2D eigenvalue weighted by Crippen LogP contribution is 2.36. The standard InChI is InChI=1S/C29H27N3OS/c1-2-22-13-6-8-15-25(22)31-29(33)30-19-24-23-14-7-9-16-26(23)32(20-21-11-4-3-5-12-21)28(24)27-17-10-18-34-27/h3-18H,2,19-20H2,1H3,(H2,30,31,33). The van der Waals surface area contributed by atoms with Crippen LogP contribution >= 0.6 is 11.3 Å². The van der Waals surface area contributed by atoms with E-state index in [1.165, 1.54) is 16.0 Å². The summed E-state index contributed by atoms with van der Waals surface area (Å²) in [6, 6.07) is 30.9. The topological polar surface area (TPSA) is 46.1 Å². The van der Waals surface area contributed by atoms with Gasteiger partial charge >= 0.3 is 6.03 Å². The van der Waals surface area contributed by atoms with Gasteiger partial charge in [-0.15, -0.1) is 11.3 Å². The minimum atomic E-state index is -0.196. The van der Waals surface area contributed by atoms with Crippen LogP contribution in [0.3, 0.4) is 0 Å². The van der Waals surface area contributed by atoms with Crippen molar-refractivity contribution in [3.05, 3.63) is 113 Å². The van der Waals surface area contributed by atoms with Crippen molar-refractivity contribution in [3.63, 3.8) is 0 Å². The van der Waals surface area contributed by atoms with E-state index in [2.05, 4.69) is 88.2 Å². The molecule has 4 nitrogen and oxygen atoms in total. The monoisotopic (exact) mass is 465 g/mol. The summed E-state index contributed by atoms with van der Waals surface area (Å²) >= 11 is 1.72. The van der Waals surface area contributed by atoms with Gasteiger partial charge in [-0.25, -0.2) is 4.79 Å². The molecular formula is C29H27N3OS. The van der Waals surface area contributed by atoms with E-state index in [1.807, 2.05) is 30.3 Å². The Labute approximate surface area is 203 Å². The number of aryl methyl sites for hydroxylation is 1. The maximum absolute atomic E-state index is 12.9. The number of hydrogen-bond donors (Lipinski definition) is 2. The third-order valence-corrected chi connectivity index (χ3v) is 6.96. The zero-order chi connectivity index (χ0) is 23.3. The van der Waals surface area contributed by atoms with Crippen LogP contribution in [0.1, 0.15) is 23.6 Å². The summed E-state index contributed by atoms with van der Waals surface area (Å²) < 4.78 is 2.37. The second kappa shape index (κ2) is 9.98. The Balaban J connectivity index is 1.50. The lowest BCUT2D eigenvalue weighted by Crippen LogP contribution is -2.28. The number of rotatable bonds is 7. The summed E-state index contributed by atoms with van der Waals surface area (Å²) in [6.07, 6.45) is 0.867. The normalized spacial score (nSPS) is 11.0. The molecule has 5 aromatic rings. The first kappa shape index (κ1) is 22.0. The second-order valence-electron chi connectivity index (χ2n) is 8.21. The number of thiophene rings is 1. The van der Waals surface area contributed by atoms with Gasteiger partial charge in [0.2, 0.25) is 0 Å². The van der Waals surface area contributed by atoms with E-state index in [1.54, 1.807) is 11.3 Å². The lowest BCUT2D eigenvalue weighted by Gasteiger charge is -2.13. The van der Waals surface area contributed by atoms with E-state index in [-0.39, 0.29) is 6.03 Å². The highest BCUT2D eigenvalue weighted by atomic mass is 32.1. The van der Waals surface area contributed by atoms with Gasteiger partial charge in [-0.3, -0.25) is 0 Å². The van der Waals surface area contributed by atoms with Crippen LogP contribution in [0.15, 0.2) is 96.4 Å². The van der Waals surface area contributed by atoms with Crippen LogP contribution < -0.4 is 10.6 Å². The van der Waals surface area contributed by atoms with Gasteiger partial charge < -0.3 is 15.2 Å². The molecule has 0 aliphatic heterocycles. The number of para-hydroxylation sites is 2. The molecule has 2 aromatic heterocycles. The summed E-state index contributed by atoms with van der Waals surface area (Å²) in [6.45, 7) is 3.30. The second-order valence-corrected chi connectivity index (χ2v) is 9.16. The molecule has 2 amide bonds. The highest BCUT2D eigenvalue weighted by Gasteiger charge is 2.20. The number of anilines is 1. The van der Waals surface area contributed by atoms with Crippen LogP contribution in [0, 0.1) is 0 Å². The van der Waals surface area contributed by atoms with E-state index in [0.717, 1.165) is 40.9 Å². The van der Waals surface area contributed by atoms with Crippen LogP contribution in [0.5, 0.6) is 0 Å². The molecule has 0 bridgehead atoms. The first-order chi connectivity index (χ1) is 16.7. The number of nitrogens with zero attached hydrogens (tertiary/aromatic N) is 1. The number of carbonyl (C=O) groups excluding carboxylic acids is 1. The minimum Gasteiger partial charge on any atom is -0.335 e. The van der Waals surface area contributed by atoms with Crippen LogP contribution in [-0.2, 0) is 19.5 Å². The maximum atomic E-state index is 12.9. The molecule has 0 atom stereocenters. The third kappa shape index (κ3) is 4.47. The van der Waals surface area contributed by atoms with Crippen LogP contribution in [0.2, 0.25) is 0 Å². The fourth-order valence-electron chi connectivity index (χ4n) is 4.47. The van der Waals surface area contributed by atoms with Gasteiger partial charge in [0, 0.05) is 35.2 Å². The molecule has 0 saturated heterocycles. The van der Waals surface area contributed by atoms with E-state index in [0.29, 0.717) is 6.54 Å². The lowest BCUT2D eigenvalue weighted by atomic mass is 10.1. The molecule has 0 fully saturated rings. The largest absolute Gasteiger partial charge is 0.335 e. The van der Waals surface area contributed by atoms with Crippen molar-refractivity contribution in [2.24, 2.45) is 0 Å². The number of aromatic nitrogens is 1. The van der Waals surface area contributed by atoms with E-state index in [9.17, 15) is 4.79 Å². The molecule has 0 saturated carbocycles. The average molecular weight is 466 g/mol. The first-order valence-corrected chi connectivity index (χ1v) is 12.4. The van der Waals surface area contributed by atoms with Crippen LogP contribution in [-0.4, -0.2) is 10.6 Å². The summed E-state index contributed by atoms with van der Waals surface area (Å²) in [5, 5.41) is 9.40. The number of urea groups is 1. The molecular weight excluding hydrogens is 438 g/mol. The third-order valence-electron chi connectivity index (χ3n) is 6.09. The van der Waals surface area contributed by atoms with Crippen LogP contribution in [0.25, 0.3) is 21.5 Å². The summed E-state index contributed by atoms with van der Waals surface area (Å²) in [5.74, 6) is 0. The highest BCUT2D eigenvalue weighted by molar-refractivity contribution is 7.13. The molecule has 0 unspecified atom stereocenters. The molecule has 0 aliphatic rings. The summed E-state index contributed by atoms with van der Waals surface area (Å²) in [7, 11) is 0. The van der Waals surface area contributed by atoms with Crippen LogP contribution in [0.4, 0.5) is 10.5 Å². The van der Waals surface area contributed by atoms with Crippen molar-refractivity contribution < 1.29 is 4.79 Å². The molecule has 170 valence electrons. The Morgan fingerprint density at radius 2 is 1.65 bits per heavy atom. The number of fused-ring (bicyclic) bond motifs is 1. The predicted molar refractivity (Wildman–Crippen MR) is 142 cm³/mol. The average Bonchev–Trinajstić information content (AvgIpc) is 3.50. The Hall–Kier alpha value is -3.83. The van der Waals surface area contributed by atoms with Crippen molar-refractivity contribution in [3.8, 4) is 10.6 Å². The van der Waals surface area contributed by atoms with Crippen molar-refractivity contribution in [2.75, 3.05) is 5.32 Å². The summed E-state index contributed by atoms with van der Waals surface area (Å²) in [4.78, 5) is 14.1. The molecule has 2 N–H and O–H groups in total. The Kier molecular flexibility index (Phi) is 6.45. The van der Waals surface area contributed by atoms with Gasteiger partial charge in [0.1, 0.15) is 0 Å². The van der Waals surface area contributed by atoms with Crippen molar-refractivity contribution in [1.29, 1.82) is 0 Å². The lowest BCUT2D eigenvalue weighted by molar-refractivity contribution is 0.252. The van der Waals surface area contributed by atoms with Gasteiger partial charge in [-0.2, -0.15) is 0 Å². The Morgan fingerprint density at radius 1 is 0.882 bits per heavy atom. The van der Waals surface area contributed by atoms with Gasteiger partial charge in [-0.05, 0) is 41.1 Å². The summed E-state index contributed by atoms with van der Waals surface area (Å²) in [5.41, 5.74) is 6.68. The molecule has 5 heteroatoms. The molecule has 2 heterocycles. The Bertz CT molecular complexity index is 1400. The number of nitrogens with one attached hydrogen (secondary N) is 2. The van der Waals surface area contributed by atoms with Gasteiger partial charge in [0.25, 0.3) is 0 Å². The van der Waals surface area contributed by atoms with E-state index < -0.39 is 0 Å². The molecule has 34 heavy (non-hydrogen) atoms. The van der Waals surface area contributed by atoms with Gasteiger partial charge in [0.05, 0.1) is 10.6 Å². The smallest absolute Gasteiger partial charge is 0.319 e. The van der Waals surface area contributed by atoms with Crippen molar-refractivity contribution >= 4 is 34.0 Å². The maximum Gasteiger partial charge on any atom is 0.319 e. The number of benzene rings is 3. The molecule has 5 rings (SSSR count). The molecule has 0 spiro atoms. The van der Waals surface area contributed by atoms with E-state index >= 15 is 0 Å². The van der Waals surface area contributed by atoms with Gasteiger partial charge in [0.15, 0.2) is 0 Å².